The van der Waals surface area contributed by atoms with Gasteiger partial charge in [-0.05, 0) is 43.7 Å². The number of hydrogen-bond donors (Lipinski definition) is 1. The first kappa shape index (κ1) is 13.4. The van der Waals surface area contributed by atoms with Crippen LogP contribution in [0.25, 0.3) is 0 Å². The van der Waals surface area contributed by atoms with Gasteiger partial charge in [-0.2, -0.15) is 0 Å². The first-order chi connectivity index (χ1) is 8.29. The van der Waals surface area contributed by atoms with Gasteiger partial charge in [0.1, 0.15) is 0 Å². The largest absolute Gasteiger partial charge is 0.313 e. The highest BCUT2D eigenvalue weighted by molar-refractivity contribution is 9.10. The third-order valence-corrected chi connectivity index (χ3v) is 5.21. The van der Waals surface area contributed by atoms with Gasteiger partial charge >= 0.3 is 0 Å². The van der Waals surface area contributed by atoms with Crippen LogP contribution in [0.15, 0.2) is 33.6 Å². The van der Waals surface area contributed by atoms with E-state index in [2.05, 4.69) is 52.4 Å². The Morgan fingerprint density at radius 3 is 2.65 bits per heavy atom. The molecule has 1 aromatic rings. The average Bonchev–Trinajstić information content (AvgIpc) is 2.35. The summed E-state index contributed by atoms with van der Waals surface area (Å²) in [6.45, 7) is 3.29. The molecule has 2 atom stereocenters. The number of benzene rings is 1. The zero-order valence-electron chi connectivity index (χ0n) is 10.3. The highest BCUT2D eigenvalue weighted by Gasteiger charge is 2.24. The van der Waals surface area contributed by atoms with Crippen LogP contribution in [0.3, 0.4) is 0 Å². The van der Waals surface area contributed by atoms with Gasteiger partial charge in [-0.25, -0.2) is 0 Å². The van der Waals surface area contributed by atoms with E-state index in [-0.39, 0.29) is 0 Å². The van der Waals surface area contributed by atoms with Gasteiger partial charge in [0, 0.05) is 20.7 Å². The van der Waals surface area contributed by atoms with Crippen molar-refractivity contribution in [1.82, 2.24) is 5.32 Å². The molecule has 3 heteroatoms. The minimum atomic E-state index is 0.697. The summed E-state index contributed by atoms with van der Waals surface area (Å²) in [7, 11) is 0. The predicted molar refractivity (Wildman–Crippen MR) is 79.7 cm³/mol. The fourth-order valence-corrected chi connectivity index (χ4v) is 4.01. The molecule has 1 aliphatic rings. The fraction of sp³-hybridized carbons (Fsp3) is 0.571. The van der Waals surface area contributed by atoms with Crippen molar-refractivity contribution in [3.05, 3.63) is 28.7 Å². The van der Waals surface area contributed by atoms with Crippen LogP contribution >= 0.6 is 27.7 Å². The monoisotopic (exact) mass is 313 g/mol. The highest BCUT2D eigenvalue weighted by Crippen LogP contribution is 2.34. The topological polar surface area (TPSA) is 12.0 Å². The third-order valence-electron chi connectivity index (χ3n) is 3.27. The summed E-state index contributed by atoms with van der Waals surface area (Å²) < 4.78 is 1.16. The van der Waals surface area contributed by atoms with E-state index in [9.17, 15) is 0 Å². The molecule has 1 N–H and O–H groups in total. The van der Waals surface area contributed by atoms with Crippen LogP contribution in [-0.4, -0.2) is 17.8 Å². The SMILES string of the molecule is CCNC1CCCCC1Sc1ccc(Br)cc1. The molecule has 0 saturated heterocycles. The Morgan fingerprint density at radius 1 is 1.24 bits per heavy atom. The summed E-state index contributed by atoms with van der Waals surface area (Å²) in [5.41, 5.74) is 0. The van der Waals surface area contributed by atoms with Gasteiger partial charge in [0.05, 0.1) is 0 Å². The van der Waals surface area contributed by atoms with Gasteiger partial charge in [0.15, 0.2) is 0 Å². The van der Waals surface area contributed by atoms with E-state index in [0.717, 1.165) is 16.3 Å². The molecule has 2 unspecified atom stereocenters. The zero-order chi connectivity index (χ0) is 12.1. The molecule has 94 valence electrons. The molecule has 0 heterocycles. The molecule has 1 aliphatic carbocycles. The summed E-state index contributed by atoms with van der Waals surface area (Å²) in [5.74, 6) is 0. The first-order valence-corrected chi connectivity index (χ1v) is 8.12. The van der Waals surface area contributed by atoms with Crippen LogP contribution < -0.4 is 5.32 Å². The quantitative estimate of drug-likeness (QED) is 0.880. The van der Waals surface area contributed by atoms with Crippen molar-refractivity contribution in [2.24, 2.45) is 0 Å². The number of hydrogen-bond acceptors (Lipinski definition) is 2. The van der Waals surface area contributed by atoms with E-state index in [0.29, 0.717) is 6.04 Å². The molecule has 17 heavy (non-hydrogen) atoms. The number of nitrogens with one attached hydrogen (secondary N) is 1. The van der Waals surface area contributed by atoms with Crippen LogP contribution in [-0.2, 0) is 0 Å². The molecule has 0 bridgehead atoms. The van der Waals surface area contributed by atoms with E-state index in [1.54, 1.807) is 0 Å². The van der Waals surface area contributed by atoms with Crippen molar-refractivity contribution >= 4 is 27.7 Å². The van der Waals surface area contributed by atoms with Crippen molar-refractivity contribution in [2.45, 2.75) is 48.8 Å². The van der Waals surface area contributed by atoms with E-state index in [4.69, 9.17) is 0 Å². The normalized spacial score (nSPS) is 24.8. The van der Waals surface area contributed by atoms with Crippen molar-refractivity contribution < 1.29 is 0 Å². The van der Waals surface area contributed by atoms with Crippen LogP contribution in [0.5, 0.6) is 0 Å². The lowest BCUT2D eigenvalue weighted by Crippen LogP contribution is -2.40. The Hall–Kier alpha value is 0.01000. The molecule has 2 rings (SSSR count). The van der Waals surface area contributed by atoms with Gasteiger partial charge < -0.3 is 5.32 Å². The first-order valence-electron chi connectivity index (χ1n) is 6.45. The Balaban J connectivity index is 1.97. The summed E-state index contributed by atoms with van der Waals surface area (Å²) in [6.07, 6.45) is 5.45. The average molecular weight is 314 g/mol. The number of halogens is 1. The van der Waals surface area contributed by atoms with Crippen molar-refractivity contribution in [3.63, 3.8) is 0 Å². The van der Waals surface area contributed by atoms with E-state index in [1.165, 1.54) is 30.6 Å². The molecule has 1 fully saturated rings. The van der Waals surface area contributed by atoms with Gasteiger partial charge in [-0.3, -0.25) is 0 Å². The van der Waals surface area contributed by atoms with E-state index < -0.39 is 0 Å². The lowest BCUT2D eigenvalue weighted by molar-refractivity contribution is 0.391. The third kappa shape index (κ3) is 4.01. The van der Waals surface area contributed by atoms with Crippen LogP contribution in [0, 0.1) is 0 Å². The fourth-order valence-electron chi connectivity index (χ4n) is 2.42. The second-order valence-corrected chi connectivity index (χ2v) is 6.79. The van der Waals surface area contributed by atoms with Gasteiger partial charge in [0.2, 0.25) is 0 Å². The summed E-state index contributed by atoms with van der Waals surface area (Å²) in [4.78, 5) is 1.39. The molecule has 1 nitrogen and oxygen atoms in total. The molecule has 0 amide bonds. The maximum absolute atomic E-state index is 3.64. The van der Waals surface area contributed by atoms with Crippen molar-refractivity contribution in [2.75, 3.05) is 6.54 Å². The van der Waals surface area contributed by atoms with Crippen molar-refractivity contribution in [1.29, 1.82) is 0 Å². The Labute approximate surface area is 117 Å². The lowest BCUT2D eigenvalue weighted by atomic mass is 9.95. The molecule has 0 aromatic heterocycles. The standard InChI is InChI=1S/C14H20BrNS/c1-2-16-13-5-3-4-6-14(13)17-12-9-7-11(15)8-10-12/h7-10,13-14,16H,2-6H2,1H3. The predicted octanol–water partition coefficient (Wildman–Crippen LogP) is 4.46. The maximum atomic E-state index is 3.64. The second-order valence-electron chi connectivity index (χ2n) is 4.56. The highest BCUT2D eigenvalue weighted by atomic mass is 79.9. The second kappa shape index (κ2) is 6.81. The molecule has 1 aromatic carbocycles. The summed E-state index contributed by atoms with van der Waals surface area (Å²) >= 11 is 5.52. The number of rotatable bonds is 4. The Kier molecular flexibility index (Phi) is 5.39. The molecule has 0 spiro atoms. The minimum Gasteiger partial charge on any atom is -0.313 e. The van der Waals surface area contributed by atoms with Gasteiger partial charge in [-0.1, -0.05) is 35.7 Å². The van der Waals surface area contributed by atoms with Crippen molar-refractivity contribution in [3.8, 4) is 0 Å². The Bertz CT molecular complexity index is 337. The molecule has 0 aliphatic heterocycles. The van der Waals surface area contributed by atoms with Gasteiger partial charge in [0.25, 0.3) is 0 Å². The van der Waals surface area contributed by atoms with E-state index >= 15 is 0 Å². The molecular formula is C14H20BrNS. The molecule has 0 radical (unpaired) electrons. The van der Waals surface area contributed by atoms with Crippen LogP contribution in [0.1, 0.15) is 32.6 Å². The summed E-state index contributed by atoms with van der Waals surface area (Å²) in [6, 6.07) is 9.39. The van der Waals surface area contributed by atoms with Crippen LogP contribution in [0.2, 0.25) is 0 Å². The van der Waals surface area contributed by atoms with E-state index in [1.807, 2.05) is 11.8 Å². The van der Waals surface area contributed by atoms with Crippen LogP contribution in [0.4, 0.5) is 0 Å². The maximum Gasteiger partial charge on any atom is 0.0248 e. The smallest absolute Gasteiger partial charge is 0.0248 e. The number of thioether (sulfide) groups is 1. The molecule has 1 saturated carbocycles. The minimum absolute atomic E-state index is 0.697. The molecular weight excluding hydrogens is 294 g/mol. The van der Waals surface area contributed by atoms with Gasteiger partial charge in [-0.15, -0.1) is 11.8 Å². The Morgan fingerprint density at radius 2 is 1.94 bits per heavy atom. The zero-order valence-corrected chi connectivity index (χ0v) is 12.7. The summed E-state index contributed by atoms with van der Waals surface area (Å²) in [5, 5.41) is 4.38. The lowest BCUT2D eigenvalue weighted by Gasteiger charge is -2.31.